The quantitative estimate of drug-likeness (QED) is 0.796. The molecule has 0 aromatic rings. The second-order valence-electron chi connectivity index (χ2n) is 3.51. The highest BCUT2D eigenvalue weighted by Gasteiger charge is 2.50. The van der Waals surface area contributed by atoms with Gasteiger partial charge in [0.15, 0.2) is 0 Å². The van der Waals surface area contributed by atoms with Crippen molar-refractivity contribution in [2.24, 2.45) is 5.41 Å². The van der Waals surface area contributed by atoms with Crippen LogP contribution in [0.2, 0.25) is 0 Å². The first-order valence-electron chi connectivity index (χ1n) is 3.92. The summed E-state index contributed by atoms with van der Waals surface area (Å²) < 4.78 is 46.4. The molecular formula is C7H9F3O3S. The zero-order valence-electron chi connectivity index (χ0n) is 7.13. The van der Waals surface area contributed by atoms with Gasteiger partial charge in [-0.3, -0.25) is 9.00 Å². The van der Waals surface area contributed by atoms with E-state index in [0.717, 1.165) is 0 Å². The number of hydrogen-bond acceptors (Lipinski definition) is 2. The number of alkyl halides is 3. The molecule has 1 aliphatic rings. The normalized spacial score (nSPS) is 21.6. The van der Waals surface area contributed by atoms with Gasteiger partial charge in [0, 0.05) is 5.75 Å². The van der Waals surface area contributed by atoms with Gasteiger partial charge in [0.1, 0.15) is 10.8 Å². The van der Waals surface area contributed by atoms with Crippen LogP contribution >= 0.6 is 0 Å². The summed E-state index contributed by atoms with van der Waals surface area (Å²) in [6.07, 6.45) is 0.511. The minimum Gasteiger partial charge on any atom is -0.481 e. The molecular weight excluding hydrogens is 221 g/mol. The average molecular weight is 230 g/mol. The molecule has 7 heteroatoms. The van der Waals surface area contributed by atoms with E-state index in [1.807, 2.05) is 0 Å². The molecule has 1 rings (SSSR count). The van der Waals surface area contributed by atoms with Gasteiger partial charge in [0.25, 0.3) is 0 Å². The molecule has 1 unspecified atom stereocenters. The van der Waals surface area contributed by atoms with Crippen molar-refractivity contribution >= 4 is 16.8 Å². The van der Waals surface area contributed by atoms with Gasteiger partial charge in [0.05, 0.1) is 6.42 Å². The van der Waals surface area contributed by atoms with Crippen molar-refractivity contribution in [2.75, 3.05) is 5.75 Å². The lowest BCUT2D eigenvalue weighted by Crippen LogP contribution is -2.25. The SMILES string of the molecule is O=C(O)CC1(CS(=O)C(F)(F)F)CC1. The number of aliphatic carboxylic acids is 1. The van der Waals surface area contributed by atoms with E-state index in [1.165, 1.54) is 0 Å². The van der Waals surface area contributed by atoms with E-state index in [0.29, 0.717) is 12.8 Å². The smallest absolute Gasteiger partial charge is 0.471 e. The fourth-order valence-corrected chi connectivity index (χ4v) is 2.34. The number of carboxylic acid groups (broad SMARTS) is 1. The molecule has 1 fully saturated rings. The lowest BCUT2D eigenvalue weighted by atomic mass is 10.1. The number of hydrogen-bond donors (Lipinski definition) is 1. The summed E-state index contributed by atoms with van der Waals surface area (Å²) in [6.45, 7) is 0. The standard InChI is InChI=1S/C7H9F3O3S/c8-7(9,10)14(13)4-6(1-2-6)3-5(11)12/h1-4H2,(H,11,12). The van der Waals surface area contributed by atoms with Gasteiger partial charge in [-0.1, -0.05) is 0 Å². The minimum absolute atomic E-state index is 0.325. The highest BCUT2D eigenvalue weighted by Crippen LogP contribution is 2.50. The minimum atomic E-state index is -4.73. The van der Waals surface area contributed by atoms with E-state index in [9.17, 15) is 22.2 Å². The van der Waals surface area contributed by atoms with Crippen LogP contribution in [0.5, 0.6) is 0 Å². The molecule has 3 nitrogen and oxygen atoms in total. The van der Waals surface area contributed by atoms with Crippen molar-refractivity contribution in [3.8, 4) is 0 Å². The van der Waals surface area contributed by atoms with Crippen LogP contribution in [0.15, 0.2) is 0 Å². The van der Waals surface area contributed by atoms with Gasteiger partial charge in [0.2, 0.25) is 0 Å². The third-order valence-electron chi connectivity index (χ3n) is 2.18. The fraction of sp³-hybridized carbons (Fsp3) is 0.857. The number of rotatable bonds is 4. The fourth-order valence-electron chi connectivity index (χ4n) is 1.23. The van der Waals surface area contributed by atoms with E-state index in [4.69, 9.17) is 5.11 Å². The van der Waals surface area contributed by atoms with E-state index in [2.05, 4.69) is 0 Å². The van der Waals surface area contributed by atoms with Crippen LogP contribution in [0.25, 0.3) is 0 Å². The summed E-state index contributed by atoms with van der Waals surface area (Å²) in [4.78, 5) is 10.3. The van der Waals surface area contributed by atoms with Crippen molar-refractivity contribution in [2.45, 2.75) is 24.8 Å². The van der Waals surface area contributed by atoms with Gasteiger partial charge in [-0.05, 0) is 18.3 Å². The Labute approximate surface area is 80.7 Å². The third kappa shape index (κ3) is 2.97. The number of carboxylic acids is 1. The van der Waals surface area contributed by atoms with Crippen LogP contribution < -0.4 is 0 Å². The van der Waals surface area contributed by atoms with E-state index in [1.54, 1.807) is 0 Å². The second kappa shape index (κ2) is 3.52. The molecule has 14 heavy (non-hydrogen) atoms. The average Bonchev–Trinajstić information content (AvgIpc) is 2.64. The van der Waals surface area contributed by atoms with E-state index < -0.39 is 33.4 Å². The Bertz CT molecular complexity index is 270. The van der Waals surface area contributed by atoms with Crippen molar-refractivity contribution < 1.29 is 27.3 Å². The molecule has 0 aliphatic heterocycles. The zero-order chi connectivity index (χ0) is 11.0. The Morgan fingerprint density at radius 2 is 1.93 bits per heavy atom. The van der Waals surface area contributed by atoms with Crippen molar-refractivity contribution in [1.82, 2.24) is 0 Å². The lowest BCUT2D eigenvalue weighted by molar-refractivity contribution is -0.138. The molecule has 0 aromatic carbocycles. The molecule has 82 valence electrons. The summed E-state index contributed by atoms with van der Waals surface area (Å²) in [5.74, 6) is -1.72. The molecule has 0 radical (unpaired) electrons. The third-order valence-corrected chi connectivity index (χ3v) is 3.57. The molecule has 0 aromatic heterocycles. The highest BCUT2D eigenvalue weighted by molar-refractivity contribution is 7.85. The van der Waals surface area contributed by atoms with Crippen molar-refractivity contribution in [3.05, 3.63) is 0 Å². The first kappa shape index (κ1) is 11.5. The number of carbonyl (C=O) groups is 1. The molecule has 0 amide bonds. The lowest BCUT2D eigenvalue weighted by Gasteiger charge is -2.13. The largest absolute Gasteiger partial charge is 0.481 e. The number of halogens is 3. The Kier molecular flexibility index (Phi) is 2.89. The summed E-state index contributed by atoms with van der Waals surface area (Å²) in [5, 5.41) is 8.42. The van der Waals surface area contributed by atoms with Gasteiger partial charge < -0.3 is 5.11 Å². The molecule has 1 aliphatic carbocycles. The van der Waals surface area contributed by atoms with Gasteiger partial charge in [-0.2, -0.15) is 13.2 Å². The van der Waals surface area contributed by atoms with Crippen molar-refractivity contribution in [1.29, 1.82) is 0 Å². The Hall–Kier alpha value is -0.590. The zero-order valence-corrected chi connectivity index (χ0v) is 7.95. The Morgan fingerprint density at radius 1 is 1.43 bits per heavy atom. The first-order valence-corrected chi connectivity index (χ1v) is 5.24. The van der Waals surface area contributed by atoms with Crippen LogP contribution in [-0.2, 0) is 15.6 Å². The molecule has 0 saturated heterocycles. The molecule has 1 saturated carbocycles. The van der Waals surface area contributed by atoms with E-state index in [-0.39, 0.29) is 6.42 Å². The summed E-state index contributed by atoms with van der Waals surface area (Å²) in [7, 11) is -2.92. The molecule has 0 bridgehead atoms. The van der Waals surface area contributed by atoms with E-state index >= 15 is 0 Å². The Balaban J connectivity index is 2.52. The highest BCUT2D eigenvalue weighted by atomic mass is 32.2. The van der Waals surface area contributed by atoms with Gasteiger partial charge in [-0.15, -0.1) is 0 Å². The first-order chi connectivity index (χ1) is 6.25. The van der Waals surface area contributed by atoms with Crippen molar-refractivity contribution in [3.63, 3.8) is 0 Å². The molecule has 0 heterocycles. The molecule has 1 N–H and O–H groups in total. The maximum atomic E-state index is 11.9. The monoisotopic (exact) mass is 230 g/mol. The van der Waals surface area contributed by atoms with Gasteiger partial charge in [-0.25, -0.2) is 0 Å². The molecule has 1 atom stereocenters. The second-order valence-corrected chi connectivity index (χ2v) is 4.95. The summed E-state index contributed by atoms with van der Waals surface area (Å²) in [6, 6.07) is 0. The van der Waals surface area contributed by atoms with Gasteiger partial charge >= 0.3 is 11.5 Å². The summed E-state index contributed by atoms with van der Waals surface area (Å²) in [5.41, 5.74) is -5.60. The predicted octanol–water partition coefficient (Wildman–Crippen LogP) is 1.51. The topological polar surface area (TPSA) is 54.4 Å². The maximum absolute atomic E-state index is 11.9. The van der Waals surface area contributed by atoms with Crippen LogP contribution in [0.1, 0.15) is 19.3 Å². The van der Waals surface area contributed by atoms with Crippen LogP contribution in [0.4, 0.5) is 13.2 Å². The van der Waals surface area contributed by atoms with Crippen LogP contribution in [0, 0.1) is 5.41 Å². The van der Waals surface area contributed by atoms with Crippen LogP contribution in [0.3, 0.4) is 0 Å². The summed E-state index contributed by atoms with van der Waals surface area (Å²) >= 11 is 0. The molecule has 0 spiro atoms. The van der Waals surface area contributed by atoms with Crippen LogP contribution in [-0.4, -0.2) is 26.5 Å². The Morgan fingerprint density at radius 3 is 2.21 bits per heavy atom. The maximum Gasteiger partial charge on any atom is 0.471 e. The predicted molar refractivity (Wildman–Crippen MR) is 43.0 cm³/mol.